The highest BCUT2D eigenvalue weighted by Gasteiger charge is 2.11. The van der Waals surface area contributed by atoms with Crippen LogP contribution in [0.5, 0.6) is 0 Å². The molecule has 4 nitrogen and oxygen atoms in total. The Labute approximate surface area is 141 Å². The molecule has 0 aromatic rings. The molecular weight excluding hydrogens is 292 g/mol. The molecule has 0 aromatic carbocycles. The first-order valence-corrected chi connectivity index (χ1v) is 9.06. The van der Waals surface area contributed by atoms with E-state index in [1.807, 2.05) is 19.1 Å². The highest BCUT2D eigenvalue weighted by atomic mass is 16.5. The fourth-order valence-corrected chi connectivity index (χ4v) is 2.18. The lowest BCUT2D eigenvalue weighted by Gasteiger charge is -2.14. The van der Waals surface area contributed by atoms with Crippen LogP contribution in [0.4, 0.5) is 0 Å². The van der Waals surface area contributed by atoms with Gasteiger partial charge in [-0.25, -0.2) is 0 Å². The van der Waals surface area contributed by atoms with E-state index in [0.717, 1.165) is 25.7 Å². The quantitative estimate of drug-likeness (QED) is 0.261. The van der Waals surface area contributed by atoms with Gasteiger partial charge in [0.05, 0.1) is 13.2 Å². The van der Waals surface area contributed by atoms with Crippen molar-refractivity contribution in [3.05, 3.63) is 12.2 Å². The second-order valence-electron chi connectivity index (χ2n) is 5.88. The van der Waals surface area contributed by atoms with Crippen LogP contribution >= 0.6 is 0 Å². The third kappa shape index (κ3) is 14.0. The van der Waals surface area contributed by atoms with E-state index in [1.54, 1.807) is 0 Å². The Morgan fingerprint density at radius 1 is 1.00 bits per heavy atom. The third-order valence-electron chi connectivity index (χ3n) is 3.80. The monoisotopic (exact) mass is 326 g/mol. The number of hydrogen-bond donors (Lipinski definition) is 0. The van der Waals surface area contributed by atoms with Crippen LogP contribution in [0.25, 0.3) is 0 Å². The van der Waals surface area contributed by atoms with E-state index in [0.29, 0.717) is 25.6 Å². The number of ether oxygens (including phenoxy) is 2. The molecule has 134 valence electrons. The van der Waals surface area contributed by atoms with Crippen molar-refractivity contribution in [2.45, 2.75) is 78.6 Å². The first-order valence-electron chi connectivity index (χ1n) is 9.06. The summed E-state index contributed by atoms with van der Waals surface area (Å²) in [5, 5.41) is 0. The highest BCUT2D eigenvalue weighted by Crippen LogP contribution is 2.13. The number of carbonyl (C=O) groups is 2. The Balaban J connectivity index is 3.62. The van der Waals surface area contributed by atoms with E-state index in [1.165, 1.54) is 12.8 Å². The number of esters is 2. The minimum atomic E-state index is -0.229. The van der Waals surface area contributed by atoms with Crippen molar-refractivity contribution in [1.82, 2.24) is 0 Å². The van der Waals surface area contributed by atoms with Crippen LogP contribution in [0.3, 0.4) is 0 Å². The summed E-state index contributed by atoms with van der Waals surface area (Å²) in [7, 11) is 0. The summed E-state index contributed by atoms with van der Waals surface area (Å²) < 4.78 is 10.4. The zero-order valence-electron chi connectivity index (χ0n) is 15.1. The average Bonchev–Trinajstić information content (AvgIpc) is 2.55. The van der Waals surface area contributed by atoms with E-state index >= 15 is 0 Å². The largest absolute Gasteiger partial charge is 0.466 e. The summed E-state index contributed by atoms with van der Waals surface area (Å²) in [5.74, 6) is 0.0227. The van der Waals surface area contributed by atoms with Crippen LogP contribution in [0.15, 0.2) is 12.2 Å². The summed E-state index contributed by atoms with van der Waals surface area (Å²) in [6.45, 7) is 7.21. The van der Waals surface area contributed by atoms with Crippen molar-refractivity contribution < 1.29 is 19.1 Å². The molecule has 0 rings (SSSR count). The zero-order valence-corrected chi connectivity index (χ0v) is 15.1. The predicted octanol–water partition coefficient (Wildman–Crippen LogP) is 4.82. The molecule has 0 fully saturated rings. The van der Waals surface area contributed by atoms with Crippen molar-refractivity contribution in [2.24, 2.45) is 5.92 Å². The second kappa shape index (κ2) is 15.6. The lowest BCUT2D eigenvalue weighted by atomic mass is 10.0. The summed E-state index contributed by atoms with van der Waals surface area (Å²) in [4.78, 5) is 23.2. The molecule has 0 heterocycles. The molecule has 0 aliphatic carbocycles. The summed E-state index contributed by atoms with van der Waals surface area (Å²) in [6, 6.07) is 0. The van der Waals surface area contributed by atoms with Crippen LogP contribution in [0.1, 0.15) is 78.6 Å². The van der Waals surface area contributed by atoms with Crippen LogP contribution < -0.4 is 0 Å². The molecule has 0 saturated carbocycles. The SMILES string of the molecule is C/C=C/CCCOC(=O)CCCC(=O)OCC(CC)CCCC. The van der Waals surface area contributed by atoms with E-state index in [-0.39, 0.29) is 24.8 Å². The Morgan fingerprint density at radius 2 is 1.70 bits per heavy atom. The van der Waals surface area contributed by atoms with Crippen molar-refractivity contribution in [3.8, 4) is 0 Å². The van der Waals surface area contributed by atoms with Crippen LogP contribution in [0, 0.1) is 5.92 Å². The molecule has 0 amide bonds. The van der Waals surface area contributed by atoms with Gasteiger partial charge in [0.2, 0.25) is 0 Å². The van der Waals surface area contributed by atoms with Gasteiger partial charge in [-0.05, 0) is 38.5 Å². The molecule has 1 atom stereocenters. The first kappa shape index (κ1) is 21.7. The summed E-state index contributed by atoms with van der Waals surface area (Å²) in [6.07, 6.45) is 11.4. The van der Waals surface area contributed by atoms with Crippen LogP contribution in [-0.4, -0.2) is 25.2 Å². The molecule has 23 heavy (non-hydrogen) atoms. The second-order valence-corrected chi connectivity index (χ2v) is 5.88. The van der Waals surface area contributed by atoms with E-state index in [2.05, 4.69) is 13.8 Å². The maximum absolute atomic E-state index is 11.7. The molecular formula is C19H34O4. The number of rotatable bonds is 14. The number of carbonyl (C=O) groups excluding carboxylic acids is 2. The topological polar surface area (TPSA) is 52.6 Å². The minimum Gasteiger partial charge on any atom is -0.466 e. The fourth-order valence-electron chi connectivity index (χ4n) is 2.18. The molecule has 0 saturated heterocycles. The fraction of sp³-hybridized carbons (Fsp3) is 0.789. The number of unbranched alkanes of at least 4 members (excludes halogenated alkanes) is 2. The van der Waals surface area contributed by atoms with Gasteiger partial charge in [0.15, 0.2) is 0 Å². The maximum Gasteiger partial charge on any atom is 0.305 e. The van der Waals surface area contributed by atoms with Crippen LogP contribution in [0.2, 0.25) is 0 Å². The van der Waals surface area contributed by atoms with E-state index in [9.17, 15) is 9.59 Å². The van der Waals surface area contributed by atoms with Gasteiger partial charge in [-0.15, -0.1) is 0 Å². The molecule has 0 spiro atoms. The molecule has 0 bridgehead atoms. The summed E-state index contributed by atoms with van der Waals surface area (Å²) in [5.41, 5.74) is 0. The minimum absolute atomic E-state index is 0.208. The molecule has 4 heteroatoms. The van der Waals surface area contributed by atoms with Crippen molar-refractivity contribution >= 4 is 11.9 Å². The lowest BCUT2D eigenvalue weighted by Crippen LogP contribution is -2.14. The van der Waals surface area contributed by atoms with E-state index < -0.39 is 0 Å². The van der Waals surface area contributed by atoms with Gasteiger partial charge in [0.1, 0.15) is 0 Å². The Bertz CT molecular complexity index is 336. The molecule has 0 aliphatic heterocycles. The maximum atomic E-state index is 11.7. The van der Waals surface area contributed by atoms with Gasteiger partial charge in [0.25, 0.3) is 0 Å². The van der Waals surface area contributed by atoms with E-state index in [4.69, 9.17) is 9.47 Å². The normalized spacial score (nSPS) is 12.3. The summed E-state index contributed by atoms with van der Waals surface area (Å²) >= 11 is 0. The standard InChI is InChI=1S/C19H34O4/c1-4-7-9-10-15-22-18(20)13-11-14-19(21)23-16-17(6-3)12-8-5-2/h4,7,17H,5-6,8-16H2,1-3H3/b7-4+. The lowest BCUT2D eigenvalue weighted by molar-refractivity contribution is -0.146. The van der Waals surface area contributed by atoms with Gasteiger partial charge < -0.3 is 9.47 Å². The molecule has 0 aromatic heterocycles. The van der Waals surface area contributed by atoms with Gasteiger partial charge in [0, 0.05) is 12.8 Å². The Kier molecular flexibility index (Phi) is 14.7. The van der Waals surface area contributed by atoms with Gasteiger partial charge >= 0.3 is 11.9 Å². The molecule has 0 N–H and O–H groups in total. The third-order valence-corrected chi connectivity index (χ3v) is 3.80. The Hall–Kier alpha value is -1.32. The van der Waals surface area contributed by atoms with Crippen molar-refractivity contribution in [3.63, 3.8) is 0 Å². The Morgan fingerprint density at radius 3 is 2.30 bits per heavy atom. The number of hydrogen-bond acceptors (Lipinski definition) is 4. The van der Waals surface area contributed by atoms with Crippen molar-refractivity contribution in [2.75, 3.05) is 13.2 Å². The molecule has 1 unspecified atom stereocenters. The van der Waals surface area contributed by atoms with Gasteiger partial charge in [-0.1, -0.05) is 45.3 Å². The first-order chi connectivity index (χ1) is 11.1. The molecule has 0 radical (unpaired) electrons. The predicted molar refractivity (Wildman–Crippen MR) is 93.1 cm³/mol. The van der Waals surface area contributed by atoms with Crippen molar-refractivity contribution in [1.29, 1.82) is 0 Å². The number of allylic oxidation sites excluding steroid dienone is 2. The van der Waals surface area contributed by atoms with Gasteiger partial charge in [-0.3, -0.25) is 9.59 Å². The smallest absolute Gasteiger partial charge is 0.305 e. The molecule has 0 aliphatic rings. The highest BCUT2D eigenvalue weighted by molar-refractivity contribution is 5.72. The zero-order chi connectivity index (χ0) is 17.3. The van der Waals surface area contributed by atoms with Crippen LogP contribution in [-0.2, 0) is 19.1 Å². The van der Waals surface area contributed by atoms with Gasteiger partial charge in [-0.2, -0.15) is 0 Å². The average molecular weight is 326 g/mol.